The minimum absolute atomic E-state index is 0.173. The molecule has 0 unspecified atom stereocenters. The van der Waals surface area contributed by atoms with Crippen molar-refractivity contribution in [2.75, 3.05) is 25.0 Å². The second-order valence-electron chi connectivity index (χ2n) is 5.64. The number of hydrogen-bond donors (Lipinski definition) is 1. The number of anilines is 1. The van der Waals surface area contributed by atoms with Gasteiger partial charge in [0.25, 0.3) is 0 Å². The summed E-state index contributed by atoms with van der Waals surface area (Å²) in [6.45, 7) is 6.25. The lowest BCUT2D eigenvalue weighted by molar-refractivity contribution is -0.122. The van der Waals surface area contributed by atoms with Crippen molar-refractivity contribution in [3.8, 4) is 0 Å². The average molecular weight is 260 g/mol. The number of nitrogens with zero attached hydrogens (tertiary/aromatic N) is 1. The molecule has 0 aliphatic carbocycles. The van der Waals surface area contributed by atoms with Gasteiger partial charge in [0, 0.05) is 18.7 Å². The van der Waals surface area contributed by atoms with Crippen LogP contribution in [0.1, 0.15) is 38.2 Å². The molecule has 0 spiro atoms. The third-order valence-electron chi connectivity index (χ3n) is 3.94. The fourth-order valence-corrected chi connectivity index (χ4v) is 2.74. The smallest absolute Gasteiger partial charge is 0.229 e. The summed E-state index contributed by atoms with van der Waals surface area (Å²) in [4.78, 5) is 14.4. The maximum Gasteiger partial charge on any atom is 0.229 e. The third kappa shape index (κ3) is 3.16. The van der Waals surface area contributed by atoms with Crippen molar-refractivity contribution in [3.63, 3.8) is 0 Å². The molecule has 1 aromatic rings. The van der Waals surface area contributed by atoms with Gasteiger partial charge in [0.05, 0.1) is 0 Å². The Bertz CT molecular complexity index is 436. The second-order valence-corrected chi connectivity index (χ2v) is 5.64. The molecule has 1 saturated heterocycles. The van der Waals surface area contributed by atoms with Gasteiger partial charge in [-0.3, -0.25) is 4.79 Å². The summed E-state index contributed by atoms with van der Waals surface area (Å²) in [5.74, 6) is 0.862. The Morgan fingerprint density at radius 1 is 1.26 bits per heavy atom. The molecule has 1 heterocycles. The van der Waals surface area contributed by atoms with E-state index >= 15 is 0 Å². The van der Waals surface area contributed by atoms with E-state index in [0.29, 0.717) is 5.92 Å². The van der Waals surface area contributed by atoms with Crippen LogP contribution < -0.4 is 10.2 Å². The molecule has 19 heavy (non-hydrogen) atoms. The maximum absolute atomic E-state index is 12.6. The van der Waals surface area contributed by atoms with Crippen LogP contribution in [-0.2, 0) is 4.79 Å². The summed E-state index contributed by atoms with van der Waals surface area (Å²) >= 11 is 0. The maximum atomic E-state index is 12.6. The summed E-state index contributed by atoms with van der Waals surface area (Å²) in [7, 11) is 1.91. The van der Waals surface area contributed by atoms with E-state index in [1.54, 1.807) is 0 Å². The predicted molar refractivity (Wildman–Crippen MR) is 79.5 cm³/mol. The molecule has 1 aromatic carbocycles. The summed E-state index contributed by atoms with van der Waals surface area (Å²) in [6, 6.07) is 8.22. The number of hydrogen-bond acceptors (Lipinski definition) is 2. The van der Waals surface area contributed by atoms with Gasteiger partial charge in [0.15, 0.2) is 0 Å². The number of carbonyl (C=O) groups excluding carboxylic acids is 1. The van der Waals surface area contributed by atoms with Crippen molar-refractivity contribution in [1.82, 2.24) is 5.32 Å². The van der Waals surface area contributed by atoms with Gasteiger partial charge in [-0.25, -0.2) is 0 Å². The van der Waals surface area contributed by atoms with Crippen LogP contribution in [0.2, 0.25) is 0 Å². The standard InChI is InChI=1S/C16H24N2O/c1-12(2)14-6-4-5-7-15(14)18(3)16(19)13-8-10-17-11-9-13/h4-7,12-13,17H,8-11H2,1-3H3. The van der Waals surface area contributed by atoms with Gasteiger partial charge < -0.3 is 10.2 Å². The molecule has 1 aliphatic heterocycles. The van der Waals surface area contributed by atoms with Gasteiger partial charge in [-0.05, 0) is 43.5 Å². The van der Waals surface area contributed by atoms with Gasteiger partial charge >= 0.3 is 0 Å². The number of benzene rings is 1. The zero-order chi connectivity index (χ0) is 13.8. The zero-order valence-electron chi connectivity index (χ0n) is 12.1. The first-order valence-corrected chi connectivity index (χ1v) is 7.18. The highest BCUT2D eigenvalue weighted by molar-refractivity contribution is 5.95. The number of amides is 1. The highest BCUT2D eigenvalue weighted by Crippen LogP contribution is 2.28. The Labute approximate surface area is 116 Å². The molecule has 1 aliphatic rings. The molecule has 0 radical (unpaired) electrons. The summed E-state index contributed by atoms with van der Waals surface area (Å²) in [5, 5.41) is 3.31. The largest absolute Gasteiger partial charge is 0.317 e. The summed E-state index contributed by atoms with van der Waals surface area (Å²) in [5.41, 5.74) is 2.30. The van der Waals surface area contributed by atoms with Crippen LogP contribution in [0.4, 0.5) is 5.69 Å². The quantitative estimate of drug-likeness (QED) is 0.906. The first-order valence-electron chi connectivity index (χ1n) is 7.18. The SMILES string of the molecule is CC(C)c1ccccc1N(C)C(=O)C1CCNCC1. The second kappa shape index (κ2) is 6.20. The minimum atomic E-state index is 0.173. The van der Waals surface area contributed by atoms with E-state index in [9.17, 15) is 4.79 Å². The van der Waals surface area contributed by atoms with E-state index in [4.69, 9.17) is 0 Å². The van der Waals surface area contributed by atoms with Crippen LogP contribution in [-0.4, -0.2) is 26.0 Å². The highest BCUT2D eigenvalue weighted by atomic mass is 16.2. The number of para-hydroxylation sites is 1. The van der Waals surface area contributed by atoms with E-state index in [-0.39, 0.29) is 11.8 Å². The molecule has 0 bridgehead atoms. The van der Waals surface area contributed by atoms with Crippen LogP contribution in [0.15, 0.2) is 24.3 Å². The van der Waals surface area contributed by atoms with Crippen molar-refractivity contribution in [2.45, 2.75) is 32.6 Å². The van der Waals surface area contributed by atoms with Gasteiger partial charge in [0.2, 0.25) is 5.91 Å². The van der Waals surface area contributed by atoms with Crippen LogP contribution in [0.5, 0.6) is 0 Å². The van der Waals surface area contributed by atoms with Crippen molar-refractivity contribution in [1.29, 1.82) is 0 Å². The fourth-order valence-electron chi connectivity index (χ4n) is 2.74. The lowest BCUT2D eigenvalue weighted by Gasteiger charge is -2.28. The van der Waals surface area contributed by atoms with Gasteiger partial charge in [0.1, 0.15) is 0 Å². The number of rotatable bonds is 3. The van der Waals surface area contributed by atoms with Crippen molar-refractivity contribution < 1.29 is 4.79 Å². The molecular formula is C16H24N2O. The Morgan fingerprint density at radius 2 is 1.89 bits per heavy atom. The van der Waals surface area contributed by atoms with Crippen molar-refractivity contribution >= 4 is 11.6 Å². The number of carbonyl (C=O) groups is 1. The van der Waals surface area contributed by atoms with Crippen LogP contribution in [0.3, 0.4) is 0 Å². The van der Waals surface area contributed by atoms with Crippen LogP contribution >= 0.6 is 0 Å². The Hall–Kier alpha value is -1.35. The highest BCUT2D eigenvalue weighted by Gasteiger charge is 2.25. The number of piperidine rings is 1. The first kappa shape index (κ1) is 14.1. The molecule has 104 valence electrons. The molecular weight excluding hydrogens is 236 g/mol. The van der Waals surface area contributed by atoms with Gasteiger partial charge in [-0.15, -0.1) is 0 Å². The third-order valence-corrected chi connectivity index (χ3v) is 3.94. The van der Waals surface area contributed by atoms with Crippen LogP contribution in [0.25, 0.3) is 0 Å². The molecule has 0 atom stereocenters. The molecule has 1 amide bonds. The molecule has 0 saturated carbocycles. The Morgan fingerprint density at radius 3 is 2.53 bits per heavy atom. The fraction of sp³-hybridized carbons (Fsp3) is 0.562. The van der Waals surface area contributed by atoms with Crippen LogP contribution in [0, 0.1) is 5.92 Å². The molecule has 1 fully saturated rings. The van der Waals surface area contributed by atoms with E-state index < -0.39 is 0 Å². The molecule has 3 heteroatoms. The van der Waals surface area contributed by atoms with E-state index in [0.717, 1.165) is 31.6 Å². The van der Waals surface area contributed by atoms with Gasteiger partial charge in [-0.2, -0.15) is 0 Å². The van der Waals surface area contributed by atoms with Crippen molar-refractivity contribution in [3.05, 3.63) is 29.8 Å². The molecule has 0 aromatic heterocycles. The minimum Gasteiger partial charge on any atom is -0.317 e. The normalized spacial score (nSPS) is 16.6. The van der Waals surface area contributed by atoms with Gasteiger partial charge in [-0.1, -0.05) is 32.0 Å². The predicted octanol–water partition coefficient (Wildman–Crippen LogP) is 2.77. The summed E-state index contributed by atoms with van der Waals surface area (Å²) < 4.78 is 0. The lowest BCUT2D eigenvalue weighted by atomic mass is 9.95. The van der Waals surface area contributed by atoms with Crippen molar-refractivity contribution in [2.24, 2.45) is 5.92 Å². The number of nitrogens with one attached hydrogen (secondary N) is 1. The topological polar surface area (TPSA) is 32.3 Å². The first-order chi connectivity index (χ1) is 9.11. The van der Waals surface area contributed by atoms with E-state index in [2.05, 4.69) is 25.2 Å². The van der Waals surface area contributed by atoms with E-state index in [1.807, 2.05) is 30.1 Å². The molecule has 3 nitrogen and oxygen atoms in total. The lowest BCUT2D eigenvalue weighted by Crippen LogP contribution is -2.39. The Balaban J connectivity index is 2.18. The average Bonchev–Trinajstić information content (AvgIpc) is 2.46. The van der Waals surface area contributed by atoms with E-state index in [1.165, 1.54) is 5.56 Å². The molecule has 2 rings (SSSR count). The monoisotopic (exact) mass is 260 g/mol. The summed E-state index contributed by atoms with van der Waals surface area (Å²) in [6.07, 6.45) is 1.90. The Kier molecular flexibility index (Phi) is 4.59. The zero-order valence-corrected chi connectivity index (χ0v) is 12.1. The molecule has 1 N–H and O–H groups in total.